The van der Waals surface area contributed by atoms with Gasteiger partial charge in [0.05, 0.1) is 12.1 Å². The lowest BCUT2D eigenvalue weighted by molar-refractivity contribution is -0.138. The van der Waals surface area contributed by atoms with Crippen LogP contribution < -0.4 is 10.1 Å². The van der Waals surface area contributed by atoms with Gasteiger partial charge in [0.25, 0.3) is 0 Å². The van der Waals surface area contributed by atoms with E-state index in [1.807, 2.05) is 6.07 Å². The van der Waals surface area contributed by atoms with Crippen molar-refractivity contribution in [3.8, 4) is 11.5 Å². The lowest BCUT2D eigenvalue weighted by atomic mass is 10.0. The first-order chi connectivity index (χ1) is 14.4. The zero-order chi connectivity index (χ0) is 21.5. The molecule has 0 fully saturated rings. The maximum atomic E-state index is 12.5. The largest absolute Gasteiger partial charge is 0.481 e. The Morgan fingerprint density at radius 3 is 2.20 bits per heavy atom. The lowest BCUT2D eigenvalue weighted by Gasteiger charge is -2.13. The molecule has 3 aromatic rings. The third-order valence-electron chi connectivity index (χ3n) is 4.16. The van der Waals surface area contributed by atoms with E-state index in [0.717, 1.165) is 0 Å². The number of ketones is 1. The molecule has 0 saturated heterocycles. The Morgan fingerprint density at radius 2 is 1.53 bits per heavy atom. The molecule has 152 valence electrons. The zero-order valence-corrected chi connectivity index (χ0v) is 16.6. The smallest absolute Gasteiger partial charge is 0.303 e. The maximum Gasteiger partial charge on any atom is 0.303 e. The van der Waals surface area contributed by atoms with Crippen LogP contribution in [-0.4, -0.2) is 22.8 Å². The Kier molecular flexibility index (Phi) is 6.83. The number of hydrogen-bond donors (Lipinski definition) is 2. The molecule has 30 heavy (non-hydrogen) atoms. The van der Waals surface area contributed by atoms with Gasteiger partial charge in [-0.3, -0.25) is 14.4 Å². The minimum Gasteiger partial charge on any atom is -0.481 e. The van der Waals surface area contributed by atoms with E-state index in [1.165, 1.54) is 6.07 Å². The first-order valence-electron chi connectivity index (χ1n) is 9.11. The molecule has 7 heteroatoms. The molecule has 0 saturated carbocycles. The topological polar surface area (TPSA) is 92.7 Å². The van der Waals surface area contributed by atoms with Crippen molar-refractivity contribution in [3.05, 3.63) is 88.9 Å². The van der Waals surface area contributed by atoms with Crippen molar-refractivity contribution in [1.82, 2.24) is 0 Å². The number of carboxylic acids is 1. The number of nitrogens with one attached hydrogen (secondary N) is 1. The monoisotopic (exact) mass is 423 g/mol. The highest BCUT2D eigenvalue weighted by Gasteiger charge is 2.13. The summed E-state index contributed by atoms with van der Waals surface area (Å²) in [5, 5.41) is 11.7. The predicted molar refractivity (Wildman–Crippen MR) is 113 cm³/mol. The van der Waals surface area contributed by atoms with E-state index in [2.05, 4.69) is 5.32 Å². The van der Waals surface area contributed by atoms with Crippen LogP contribution in [0.15, 0.2) is 72.8 Å². The summed E-state index contributed by atoms with van der Waals surface area (Å²) in [4.78, 5) is 35.1. The van der Waals surface area contributed by atoms with E-state index in [4.69, 9.17) is 21.4 Å². The van der Waals surface area contributed by atoms with Crippen LogP contribution in [0.5, 0.6) is 11.5 Å². The molecular formula is C23H18ClNO5. The number of carbonyl (C=O) groups excluding carboxylic acids is 2. The molecule has 0 spiro atoms. The Balaban J connectivity index is 1.74. The van der Waals surface area contributed by atoms with Crippen molar-refractivity contribution in [2.24, 2.45) is 0 Å². The minimum absolute atomic E-state index is 0.0972. The van der Waals surface area contributed by atoms with Gasteiger partial charge in [-0.2, -0.15) is 0 Å². The number of ether oxygens (including phenoxy) is 1. The summed E-state index contributed by atoms with van der Waals surface area (Å²) < 4.78 is 5.83. The fraction of sp³-hybridized carbons (Fsp3) is 0.0870. The fourth-order valence-corrected chi connectivity index (χ4v) is 2.85. The molecule has 6 nitrogen and oxygen atoms in total. The number of aliphatic carboxylic acids is 1. The molecule has 0 aliphatic carbocycles. The Hall–Kier alpha value is -3.64. The van der Waals surface area contributed by atoms with Crippen LogP contribution in [0.4, 0.5) is 5.69 Å². The number of rotatable bonds is 8. The highest BCUT2D eigenvalue weighted by atomic mass is 35.5. The number of carboxylic acid groups (broad SMARTS) is 1. The second-order valence-electron chi connectivity index (χ2n) is 6.40. The molecule has 0 radical (unpaired) electrons. The van der Waals surface area contributed by atoms with E-state index >= 15 is 0 Å². The average molecular weight is 424 g/mol. The van der Waals surface area contributed by atoms with Gasteiger partial charge in [0.2, 0.25) is 5.91 Å². The molecule has 1 amide bonds. The van der Waals surface area contributed by atoms with Gasteiger partial charge in [-0.15, -0.1) is 0 Å². The van der Waals surface area contributed by atoms with Crippen LogP contribution >= 0.6 is 11.6 Å². The summed E-state index contributed by atoms with van der Waals surface area (Å²) in [5.74, 6) is -0.820. The Bertz CT molecular complexity index is 1060. The molecule has 0 bridgehead atoms. The van der Waals surface area contributed by atoms with Crippen molar-refractivity contribution in [3.63, 3.8) is 0 Å². The van der Waals surface area contributed by atoms with Gasteiger partial charge in [0.1, 0.15) is 5.75 Å². The van der Waals surface area contributed by atoms with E-state index in [9.17, 15) is 14.4 Å². The fourth-order valence-electron chi connectivity index (χ4n) is 2.68. The van der Waals surface area contributed by atoms with Crippen LogP contribution in [0.25, 0.3) is 0 Å². The maximum absolute atomic E-state index is 12.5. The lowest BCUT2D eigenvalue weighted by Crippen LogP contribution is -2.13. The molecule has 0 atom stereocenters. The molecule has 0 aliphatic rings. The second-order valence-corrected chi connectivity index (χ2v) is 6.84. The first kappa shape index (κ1) is 21.1. The van der Waals surface area contributed by atoms with Crippen molar-refractivity contribution in [2.45, 2.75) is 12.8 Å². The molecular weight excluding hydrogens is 406 g/mol. The molecule has 3 aromatic carbocycles. The van der Waals surface area contributed by atoms with E-state index < -0.39 is 11.9 Å². The summed E-state index contributed by atoms with van der Waals surface area (Å²) >= 11 is 6.01. The minimum atomic E-state index is -1.06. The summed E-state index contributed by atoms with van der Waals surface area (Å²) in [6.07, 6.45) is -0.447. The SMILES string of the molecule is O=C(O)CCC(=O)Nc1cc(Cl)ccc1Oc1ccc(C(=O)c2ccccc2)cc1. The second kappa shape index (κ2) is 9.71. The van der Waals surface area contributed by atoms with E-state index in [1.54, 1.807) is 60.7 Å². The summed E-state index contributed by atoms with van der Waals surface area (Å²) in [6.45, 7) is 0. The highest BCUT2D eigenvalue weighted by Crippen LogP contribution is 2.32. The number of halogens is 1. The van der Waals surface area contributed by atoms with Crippen LogP contribution in [0.3, 0.4) is 0 Å². The number of amides is 1. The van der Waals surface area contributed by atoms with E-state index in [-0.39, 0.29) is 18.6 Å². The van der Waals surface area contributed by atoms with Crippen LogP contribution in [0, 0.1) is 0 Å². The molecule has 0 aromatic heterocycles. The van der Waals surface area contributed by atoms with Crippen LogP contribution in [0.1, 0.15) is 28.8 Å². The van der Waals surface area contributed by atoms with Crippen molar-refractivity contribution < 1.29 is 24.2 Å². The third-order valence-corrected chi connectivity index (χ3v) is 4.40. The van der Waals surface area contributed by atoms with Crippen molar-refractivity contribution in [1.29, 1.82) is 0 Å². The molecule has 3 rings (SSSR count). The number of anilines is 1. The van der Waals surface area contributed by atoms with Gasteiger partial charge in [-0.05, 0) is 42.5 Å². The van der Waals surface area contributed by atoms with Gasteiger partial charge in [0.15, 0.2) is 11.5 Å². The van der Waals surface area contributed by atoms with Crippen molar-refractivity contribution >= 4 is 34.9 Å². The molecule has 0 aliphatic heterocycles. The molecule has 0 unspecified atom stereocenters. The van der Waals surface area contributed by atoms with Gasteiger partial charge < -0.3 is 15.2 Å². The average Bonchev–Trinajstić information content (AvgIpc) is 2.75. The van der Waals surface area contributed by atoms with Crippen molar-refractivity contribution in [2.75, 3.05) is 5.32 Å². The first-order valence-corrected chi connectivity index (χ1v) is 9.49. The molecule has 2 N–H and O–H groups in total. The van der Waals surface area contributed by atoms with Gasteiger partial charge in [-0.25, -0.2) is 0 Å². The zero-order valence-electron chi connectivity index (χ0n) is 15.8. The van der Waals surface area contributed by atoms with Gasteiger partial charge in [-0.1, -0.05) is 41.9 Å². The van der Waals surface area contributed by atoms with Crippen LogP contribution in [0.2, 0.25) is 5.02 Å². The number of hydrogen-bond acceptors (Lipinski definition) is 4. The summed E-state index contributed by atoms with van der Waals surface area (Å²) in [5.41, 5.74) is 1.43. The Labute approximate surface area is 178 Å². The normalized spacial score (nSPS) is 10.3. The predicted octanol–water partition coefficient (Wildman–Crippen LogP) is 5.17. The number of carbonyl (C=O) groups is 3. The number of benzene rings is 3. The standard InChI is InChI=1S/C23H18ClNO5/c24-17-8-11-20(19(14-17)25-21(26)12-13-22(27)28)30-18-9-6-16(7-10-18)23(29)15-4-2-1-3-5-15/h1-11,14H,12-13H2,(H,25,26)(H,27,28). The third kappa shape index (κ3) is 5.68. The van der Waals surface area contributed by atoms with E-state index in [0.29, 0.717) is 33.3 Å². The summed E-state index contributed by atoms with van der Waals surface area (Å²) in [6, 6.07) is 20.3. The summed E-state index contributed by atoms with van der Waals surface area (Å²) in [7, 11) is 0. The molecule has 0 heterocycles. The van der Waals surface area contributed by atoms with Gasteiger partial charge >= 0.3 is 5.97 Å². The quantitative estimate of drug-likeness (QED) is 0.488. The Morgan fingerprint density at radius 1 is 0.867 bits per heavy atom. The van der Waals surface area contributed by atoms with Gasteiger partial charge in [0, 0.05) is 22.6 Å². The highest BCUT2D eigenvalue weighted by molar-refractivity contribution is 6.31. The van der Waals surface area contributed by atoms with Crippen LogP contribution in [-0.2, 0) is 9.59 Å².